The summed E-state index contributed by atoms with van der Waals surface area (Å²) in [4.78, 5) is 11.9. The Morgan fingerprint density at radius 3 is 2.71 bits per heavy atom. The Kier molecular flexibility index (Phi) is 3.73. The van der Waals surface area contributed by atoms with Crippen molar-refractivity contribution in [1.82, 2.24) is 15.1 Å². The van der Waals surface area contributed by atoms with Crippen molar-refractivity contribution in [3.8, 4) is 0 Å². The normalized spacial score (nSPS) is 15.7. The van der Waals surface area contributed by atoms with Crippen molar-refractivity contribution in [2.75, 3.05) is 6.54 Å². The van der Waals surface area contributed by atoms with Crippen molar-refractivity contribution < 1.29 is 9.18 Å². The number of carbonyl (C=O) groups excluding carboxylic acids is 1. The second-order valence-corrected chi connectivity index (χ2v) is 5.58. The van der Waals surface area contributed by atoms with Crippen LogP contribution in [0, 0.1) is 5.82 Å². The van der Waals surface area contributed by atoms with E-state index in [0.717, 1.165) is 18.4 Å². The van der Waals surface area contributed by atoms with E-state index in [2.05, 4.69) is 10.4 Å². The molecule has 21 heavy (non-hydrogen) atoms. The van der Waals surface area contributed by atoms with Crippen molar-refractivity contribution in [3.63, 3.8) is 0 Å². The van der Waals surface area contributed by atoms with Crippen LogP contribution in [0.5, 0.6) is 0 Å². The fourth-order valence-corrected chi connectivity index (χ4v) is 2.53. The largest absolute Gasteiger partial charge is 0.355 e. The van der Waals surface area contributed by atoms with Crippen LogP contribution in [0.15, 0.2) is 42.7 Å². The van der Waals surface area contributed by atoms with Gasteiger partial charge in [0.15, 0.2) is 0 Å². The Labute approximate surface area is 123 Å². The summed E-state index contributed by atoms with van der Waals surface area (Å²) in [6.45, 7) is 1.21. The number of benzene rings is 1. The van der Waals surface area contributed by atoms with Crippen LogP contribution in [-0.4, -0.2) is 22.2 Å². The van der Waals surface area contributed by atoms with E-state index >= 15 is 0 Å². The van der Waals surface area contributed by atoms with Crippen LogP contribution in [0.4, 0.5) is 4.39 Å². The van der Waals surface area contributed by atoms with E-state index in [1.165, 1.54) is 12.1 Å². The molecule has 1 fully saturated rings. The molecule has 0 spiro atoms. The molecule has 1 aromatic carbocycles. The summed E-state index contributed by atoms with van der Waals surface area (Å²) in [5, 5.41) is 7.05. The SMILES string of the molecule is O=C(CCn1cccn1)NCC1(c2ccc(F)cc2)CC1. The molecule has 1 N–H and O–H groups in total. The molecule has 4 nitrogen and oxygen atoms in total. The first kappa shape index (κ1) is 13.8. The third-order valence-corrected chi connectivity index (χ3v) is 4.06. The maximum absolute atomic E-state index is 13.0. The number of aromatic nitrogens is 2. The van der Waals surface area contributed by atoms with E-state index in [1.807, 2.05) is 24.4 Å². The van der Waals surface area contributed by atoms with E-state index in [0.29, 0.717) is 19.5 Å². The Morgan fingerprint density at radius 2 is 2.10 bits per heavy atom. The van der Waals surface area contributed by atoms with E-state index in [9.17, 15) is 9.18 Å². The third-order valence-electron chi connectivity index (χ3n) is 4.06. The maximum Gasteiger partial charge on any atom is 0.221 e. The van der Waals surface area contributed by atoms with Gasteiger partial charge in [-0.15, -0.1) is 0 Å². The lowest BCUT2D eigenvalue weighted by atomic mass is 9.96. The number of halogens is 1. The van der Waals surface area contributed by atoms with Crippen LogP contribution >= 0.6 is 0 Å². The zero-order valence-electron chi connectivity index (χ0n) is 11.8. The summed E-state index contributed by atoms with van der Waals surface area (Å²) in [7, 11) is 0. The second kappa shape index (κ2) is 5.68. The van der Waals surface area contributed by atoms with E-state index in [4.69, 9.17) is 0 Å². The van der Waals surface area contributed by atoms with Crippen molar-refractivity contribution in [3.05, 3.63) is 54.1 Å². The molecule has 2 aromatic rings. The molecular formula is C16H18FN3O. The number of rotatable bonds is 6. The number of amides is 1. The minimum atomic E-state index is -0.224. The van der Waals surface area contributed by atoms with Gasteiger partial charge < -0.3 is 5.32 Å². The molecule has 0 atom stereocenters. The van der Waals surface area contributed by atoms with E-state index < -0.39 is 0 Å². The maximum atomic E-state index is 13.0. The van der Waals surface area contributed by atoms with E-state index in [1.54, 1.807) is 10.9 Å². The molecule has 1 aliphatic rings. The molecule has 1 aliphatic carbocycles. The smallest absolute Gasteiger partial charge is 0.221 e. The minimum absolute atomic E-state index is 0.00899. The summed E-state index contributed by atoms with van der Waals surface area (Å²) in [5.74, 6) is -0.198. The molecule has 0 bridgehead atoms. The number of carbonyl (C=O) groups is 1. The molecule has 1 aromatic heterocycles. The van der Waals surface area contributed by atoms with Gasteiger partial charge in [-0.1, -0.05) is 12.1 Å². The van der Waals surface area contributed by atoms with Crippen molar-refractivity contribution in [1.29, 1.82) is 0 Å². The van der Waals surface area contributed by atoms with Gasteiger partial charge in [0, 0.05) is 37.3 Å². The topological polar surface area (TPSA) is 46.9 Å². The molecular weight excluding hydrogens is 269 g/mol. The predicted molar refractivity (Wildman–Crippen MR) is 77.2 cm³/mol. The lowest BCUT2D eigenvalue weighted by molar-refractivity contribution is -0.121. The van der Waals surface area contributed by atoms with Gasteiger partial charge in [-0.2, -0.15) is 5.10 Å². The summed E-state index contributed by atoms with van der Waals surface area (Å²) < 4.78 is 14.7. The van der Waals surface area contributed by atoms with E-state index in [-0.39, 0.29) is 17.1 Å². The quantitative estimate of drug-likeness (QED) is 0.886. The highest BCUT2D eigenvalue weighted by atomic mass is 19.1. The first-order valence-electron chi connectivity index (χ1n) is 7.18. The molecule has 110 valence electrons. The van der Waals surface area contributed by atoms with Gasteiger partial charge in [0.05, 0.1) is 0 Å². The lowest BCUT2D eigenvalue weighted by Gasteiger charge is -2.16. The zero-order valence-corrected chi connectivity index (χ0v) is 11.8. The number of nitrogens with zero attached hydrogens (tertiary/aromatic N) is 2. The zero-order chi connectivity index (χ0) is 14.7. The van der Waals surface area contributed by atoms with Gasteiger partial charge >= 0.3 is 0 Å². The van der Waals surface area contributed by atoms with Crippen molar-refractivity contribution >= 4 is 5.91 Å². The Morgan fingerprint density at radius 1 is 1.33 bits per heavy atom. The van der Waals surface area contributed by atoms with Gasteiger partial charge in [-0.05, 0) is 36.6 Å². The highest BCUT2D eigenvalue weighted by Crippen LogP contribution is 2.47. The second-order valence-electron chi connectivity index (χ2n) is 5.58. The first-order chi connectivity index (χ1) is 10.2. The molecule has 1 saturated carbocycles. The molecule has 1 amide bonds. The van der Waals surface area contributed by atoms with Crippen LogP contribution in [0.25, 0.3) is 0 Å². The molecule has 5 heteroatoms. The highest BCUT2D eigenvalue weighted by molar-refractivity contribution is 5.76. The average molecular weight is 287 g/mol. The van der Waals surface area contributed by atoms with Gasteiger partial charge in [0.2, 0.25) is 5.91 Å². The standard InChI is InChI=1S/C16H18FN3O/c17-14-4-2-13(3-5-14)16(7-8-16)12-18-15(21)6-11-20-10-1-9-19-20/h1-5,9-10H,6-8,11-12H2,(H,18,21). The number of nitrogens with one attached hydrogen (secondary N) is 1. The van der Waals surface area contributed by atoms with Crippen LogP contribution in [0.2, 0.25) is 0 Å². The van der Waals surface area contributed by atoms with Gasteiger partial charge in [-0.3, -0.25) is 9.48 Å². The number of aryl methyl sites for hydroxylation is 1. The Hall–Kier alpha value is -2.17. The summed E-state index contributed by atoms with van der Waals surface area (Å²) in [6, 6.07) is 8.44. The molecule has 0 aliphatic heterocycles. The minimum Gasteiger partial charge on any atom is -0.355 e. The van der Waals surface area contributed by atoms with Gasteiger partial charge in [0.25, 0.3) is 0 Å². The van der Waals surface area contributed by atoms with Crippen LogP contribution in [0.3, 0.4) is 0 Å². The third kappa shape index (κ3) is 3.29. The van der Waals surface area contributed by atoms with Crippen LogP contribution < -0.4 is 5.32 Å². The molecule has 3 rings (SSSR count). The fourth-order valence-electron chi connectivity index (χ4n) is 2.53. The van der Waals surface area contributed by atoms with Gasteiger partial charge in [-0.25, -0.2) is 4.39 Å². The molecule has 1 heterocycles. The van der Waals surface area contributed by atoms with Crippen LogP contribution in [-0.2, 0) is 16.8 Å². The molecule has 0 saturated heterocycles. The van der Waals surface area contributed by atoms with Crippen molar-refractivity contribution in [2.24, 2.45) is 0 Å². The molecule has 0 radical (unpaired) electrons. The average Bonchev–Trinajstić information content (AvgIpc) is 3.10. The summed E-state index contributed by atoms with van der Waals surface area (Å²) >= 11 is 0. The predicted octanol–water partition coefficient (Wildman–Crippen LogP) is 2.26. The Bertz CT molecular complexity index is 603. The monoisotopic (exact) mass is 287 g/mol. The van der Waals surface area contributed by atoms with Crippen molar-refractivity contribution in [2.45, 2.75) is 31.2 Å². The molecule has 0 unspecified atom stereocenters. The summed E-state index contributed by atoms with van der Waals surface area (Å²) in [5.41, 5.74) is 1.12. The number of hydrogen-bond donors (Lipinski definition) is 1. The number of hydrogen-bond acceptors (Lipinski definition) is 2. The van der Waals surface area contributed by atoms with Gasteiger partial charge in [0.1, 0.15) is 5.82 Å². The lowest BCUT2D eigenvalue weighted by Crippen LogP contribution is -2.32. The summed E-state index contributed by atoms with van der Waals surface area (Å²) in [6.07, 6.45) is 6.04. The van der Waals surface area contributed by atoms with Crippen LogP contribution in [0.1, 0.15) is 24.8 Å². The first-order valence-corrected chi connectivity index (χ1v) is 7.18. The highest BCUT2D eigenvalue weighted by Gasteiger charge is 2.44. The Balaban J connectivity index is 1.50. The fraction of sp³-hybridized carbons (Fsp3) is 0.375.